The molecule has 0 aliphatic carbocycles. The number of benzene rings is 4. The third-order valence-electron chi connectivity index (χ3n) is 6.98. The summed E-state index contributed by atoms with van der Waals surface area (Å²) in [7, 11) is 3.54. The van der Waals surface area contributed by atoms with Crippen molar-refractivity contribution in [3.63, 3.8) is 0 Å². The minimum Gasteiger partial charge on any atom is -0.343 e. The molecule has 0 unspecified atom stereocenters. The molecule has 0 fully saturated rings. The van der Waals surface area contributed by atoms with E-state index in [-0.39, 0.29) is 10.2 Å². The first-order chi connectivity index (χ1) is 20.8. The molecular formula is C32H28F6N4S2. The molecule has 4 aromatic carbocycles. The molecule has 0 amide bonds. The van der Waals surface area contributed by atoms with Gasteiger partial charge in [0.15, 0.2) is 10.2 Å². The van der Waals surface area contributed by atoms with Crippen LogP contribution in [0.5, 0.6) is 0 Å². The lowest BCUT2D eigenvalue weighted by atomic mass is 9.91. The summed E-state index contributed by atoms with van der Waals surface area (Å²) in [5.74, 6) is 0. The lowest BCUT2D eigenvalue weighted by Crippen LogP contribution is -2.45. The number of nitrogens with one attached hydrogen (secondary N) is 2. The van der Waals surface area contributed by atoms with Gasteiger partial charge in [-0.25, -0.2) is 0 Å². The number of likely N-dealkylation sites (N-methyl/N-ethyl adjacent to an activating group) is 2. The van der Waals surface area contributed by atoms with E-state index in [0.29, 0.717) is 11.4 Å². The lowest BCUT2D eigenvalue weighted by Gasteiger charge is -2.42. The number of hydrogen-bond acceptors (Lipinski definition) is 2. The van der Waals surface area contributed by atoms with Crippen molar-refractivity contribution in [2.45, 2.75) is 24.4 Å². The van der Waals surface area contributed by atoms with Gasteiger partial charge in [0.1, 0.15) is 0 Å². The fourth-order valence-corrected chi connectivity index (χ4v) is 5.16. The molecule has 0 spiro atoms. The van der Waals surface area contributed by atoms with E-state index in [0.717, 1.165) is 35.4 Å². The number of anilines is 2. The molecule has 230 valence electrons. The van der Waals surface area contributed by atoms with Gasteiger partial charge in [-0.15, -0.1) is 0 Å². The highest BCUT2D eigenvalue weighted by molar-refractivity contribution is 7.80. The molecule has 0 saturated carbocycles. The Hall–Kier alpha value is -4.16. The Balaban J connectivity index is 1.67. The number of thiocarbonyl (C=S) groups is 2. The summed E-state index contributed by atoms with van der Waals surface area (Å²) in [6.07, 6.45) is -8.93. The second kappa shape index (κ2) is 13.6. The topological polar surface area (TPSA) is 30.5 Å². The van der Waals surface area contributed by atoms with Gasteiger partial charge in [-0.2, -0.15) is 26.3 Å². The monoisotopic (exact) mass is 646 g/mol. The second-order valence-electron chi connectivity index (χ2n) is 9.94. The van der Waals surface area contributed by atoms with Crippen molar-refractivity contribution in [3.8, 4) is 0 Å². The Morgan fingerprint density at radius 3 is 1.09 bits per heavy atom. The van der Waals surface area contributed by atoms with Crippen molar-refractivity contribution >= 4 is 46.0 Å². The van der Waals surface area contributed by atoms with Gasteiger partial charge in [0.05, 0.1) is 23.2 Å². The van der Waals surface area contributed by atoms with E-state index < -0.39 is 35.6 Å². The van der Waals surface area contributed by atoms with E-state index >= 15 is 0 Å². The second-order valence-corrected chi connectivity index (χ2v) is 10.7. The fraction of sp³-hybridized carbons (Fsp3) is 0.188. The van der Waals surface area contributed by atoms with Crippen molar-refractivity contribution in [1.29, 1.82) is 0 Å². The van der Waals surface area contributed by atoms with Gasteiger partial charge in [0.25, 0.3) is 0 Å². The van der Waals surface area contributed by atoms with Crippen LogP contribution in [0.25, 0.3) is 0 Å². The molecule has 0 aliphatic heterocycles. The Morgan fingerprint density at radius 1 is 0.523 bits per heavy atom. The van der Waals surface area contributed by atoms with E-state index in [1.807, 2.05) is 60.7 Å². The molecule has 2 atom stereocenters. The Labute approximate surface area is 262 Å². The van der Waals surface area contributed by atoms with Crippen LogP contribution in [-0.4, -0.2) is 34.1 Å². The smallest absolute Gasteiger partial charge is 0.343 e. The maximum atomic E-state index is 13.1. The minimum absolute atomic E-state index is 0.245. The third kappa shape index (κ3) is 8.06. The van der Waals surface area contributed by atoms with Crippen LogP contribution in [0.15, 0.2) is 109 Å². The van der Waals surface area contributed by atoms with Crippen LogP contribution in [0.1, 0.15) is 34.3 Å². The Morgan fingerprint density at radius 2 is 0.818 bits per heavy atom. The van der Waals surface area contributed by atoms with Crippen molar-refractivity contribution in [1.82, 2.24) is 9.80 Å². The molecule has 0 aromatic heterocycles. The van der Waals surface area contributed by atoms with Gasteiger partial charge in [-0.3, -0.25) is 0 Å². The minimum atomic E-state index is -4.46. The normalized spacial score (nSPS) is 13.0. The quantitative estimate of drug-likeness (QED) is 0.154. The maximum Gasteiger partial charge on any atom is 0.416 e. The van der Waals surface area contributed by atoms with E-state index in [9.17, 15) is 26.3 Å². The first kappa shape index (κ1) is 32.7. The first-order valence-corrected chi connectivity index (χ1v) is 14.1. The summed E-state index contributed by atoms with van der Waals surface area (Å²) in [6.45, 7) is 0. The lowest BCUT2D eigenvalue weighted by molar-refractivity contribution is -0.138. The van der Waals surface area contributed by atoms with Gasteiger partial charge in [0.2, 0.25) is 0 Å². The van der Waals surface area contributed by atoms with E-state index in [4.69, 9.17) is 24.4 Å². The number of rotatable bonds is 7. The molecule has 0 bridgehead atoms. The predicted octanol–water partition coefficient (Wildman–Crippen LogP) is 9.16. The van der Waals surface area contributed by atoms with Crippen molar-refractivity contribution in [3.05, 3.63) is 131 Å². The van der Waals surface area contributed by atoms with Gasteiger partial charge in [0, 0.05) is 25.5 Å². The number of alkyl halides is 6. The molecule has 0 radical (unpaired) electrons. The molecule has 0 heterocycles. The van der Waals surface area contributed by atoms with Crippen LogP contribution in [0.2, 0.25) is 0 Å². The fourth-order valence-electron chi connectivity index (χ4n) is 4.70. The van der Waals surface area contributed by atoms with Crippen LogP contribution < -0.4 is 10.6 Å². The molecule has 4 nitrogen and oxygen atoms in total. The highest BCUT2D eigenvalue weighted by Crippen LogP contribution is 2.39. The Bertz CT molecular complexity index is 1430. The SMILES string of the molecule is CN(C(=S)Nc1ccc(C(F)(F)F)cc1)[C@H](c1ccccc1)[C@@H](c1ccccc1)N(C)C(=S)Nc1ccc(C(F)(F)F)cc1. The van der Waals surface area contributed by atoms with Gasteiger partial charge in [-0.1, -0.05) is 60.7 Å². The molecule has 0 saturated heterocycles. The average Bonchev–Trinajstić information content (AvgIpc) is 2.99. The Kier molecular flexibility index (Phi) is 10.2. The summed E-state index contributed by atoms with van der Waals surface area (Å²) >= 11 is 11.5. The predicted molar refractivity (Wildman–Crippen MR) is 169 cm³/mol. The number of nitrogens with zero attached hydrogens (tertiary/aromatic N) is 2. The first-order valence-electron chi connectivity index (χ1n) is 13.3. The third-order valence-corrected chi connectivity index (χ3v) is 7.76. The van der Waals surface area contributed by atoms with Crippen LogP contribution in [0.4, 0.5) is 37.7 Å². The van der Waals surface area contributed by atoms with Crippen molar-refractivity contribution in [2.24, 2.45) is 0 Å². The largest absolute Gasteiger partial charge is 0.416 e. The van der Waals surface area contributed by atoms with Gasteiger partial charge < -0.3 is 20.4 Å². The number of halogens is 6. The van der Waals surface area contributed by atoms with Crippen molar-refractivity contribution in [2.75, 3.05) is 24.7 Å². The van der Waals surface area contributed by atoms with Crippen LogP contribution in [0, 0.1) is 0 Å². The molecule has 2 N–H and O–H groups in total. The summed E-state index contributed by atoms with van der Waals surface area (Å²) in [4.78, 5) is 3.61. The average molecular weight is 647 g/mol. The summed E-state index contributed by atoms with van der Waals surface area (Å²) < 4.78 is 78.5. The van der Waals surface area contributed by atoms with E-state index in [1.54, 1.807) is 23.9 Å². The highest BCUT2D eigenvalue weighted by atomic mass is 32.1. The van der Waals surface area contributed by atoms with Crippen molar-refractivity contribution < 1.29 is 26.3 Å². The molecule has 12 heteroatoms. The van der Waals surface area contributed by atoms with E-state index in [2.05, 4.69) is 10.6 Å². The highest BCUT2D eigenvalue weighted by Gasteiger charge is 2.35. The zero-order valence-corrected chi connectivity index (χ0v) is 25.2. The summed E-state index contributed by atoms with van der Waals surface area (Å²) in [6, 6.07) is 27.2. The van der Waals surface area contributed by atoms with Gasteiger partial charge in [-0.05, 0) is 84.1 Å². The van der Waals surface area contributed by atoms with Gasteiger partial charge >= 0.3 is 12.4 Å². The van der Waals surface area contributed by atoms with Crippen LogP contribution in [0.3, 0.4) is 0 Å². The number of hydrogen-bond donors (Lipinski definition) is 2. The standard InChI is InChI=1S/C32H28F6N4S2/c1-41(29(43)39-25-17-13-23(14-18-25)31(33,34)35)27(21-9-5-3-6-10-21)28(22-11-7-4-8-12-22)42(2)30(44)40-26-19-15-24(16-20-26)32(36,37)38/h3-20,27-28H,1-2H3,(H,39,43)(H,40,44)/t27-,28-/m1/s1. The molecule has 4 aromatic rings. The maximum absolute atomic E-state index is 13.1. The zero-order chi connectivity index (χ0) is 32.1. The van der Waals surface area contributed by atoms with Crippen LogP contribution in [-0.2, 0) is 12.4 Å². The summed E-state index contributed by atoms with van der Waals surface area (Å²) in [5, 5.41) is 6.56. The molecule has 0 aliphatic rings. The molecule has 44 heavy (non-hydrogen) atoms. The zero-order valence-electron chi connectivity index (χ0n) is 23.5. The van der Waals surface area contributed by atoms with Crippen LogP contribution >= 0.6 is 24.4 Å². The molecule has 4 rings (SSSR count). The summed E-state index contributed by atoms with van der Waals surface area (Å²) in [5.41, 5.74) is 0.944. The van der Waals surface area contributed by atoms with E-state index in [1.165, 1.54) is 24.3 Å². The molecular weight excluding hydrogens is 619 g/mol.